The van der Waals surface area contributed by atoms with Crippen LogP contribution in [0.4, 0.5) is 9.59 Å². The fourth-order valence-electron chi connectivity index (χ4n) is 2.19. The molecule has 0 aromatic heterocycles. The van der Waals surface area contributed by atoms with Gasteiger partial charge in [0.05, 0.1) is 0 Å². The highest BCUT2D eigenvalue weighted by Gasteiger charge is 2.09. The molecule has 0 aliphatic heterocycles. The maximum atomic E-state index is 11.3. The monoisotopic (exact) mass is 351 g/mol. The third kappa shape index (κ3) is 10.2. The molecular weight excluding hydrogens is 322 g/mol. The Morgan fingerprint density at radius 3 is 1.88 bits per heavy atom. The number of hydrogen-bond donors (Lipinski definition) is 2. The molecule has 0 aliphatic rings. The fourth-order valence-corrected chi connectivity index (χ4v) is 2.19. The molecule has 0 heterocycles. The number of alkyl carbamates (subject to hydrolysis) is 2. The Balaban J connectivity index is 2.39. The Bertz CT molecular complexity index is 472. The van der Waals surface area contributed by atoms with Gasteiger partial charge in [-0.25, -0.2) is 9.59 Å². The van der Waals surface area contributed by atoms with Gasteiger partial charge in [-0.1, -0.05) is 30.3 Å². The van der Waals surface area contributed by atoms with Crippen LogP contribution < -0.4 is 10.6 Å². The summed E-state index contributed by atoms with van der Waals surface area (Å²) in [6.07, 6.45) is 0.0524. The standard InChI is InChI=1S/C18H29N3O4/c1-3-19-17(22)24-14-12-21(13-15-25-18(23)20-4-2)11-10-16-8-6-5-7-9-16/h5-9H,3-4,10-15H2,1-2H3,(H,19,22)(H,20,23). The molecule has 0 bridgehead atoms. The van der Waals surface area contributed by atoms with Crippen LogP contribution in [-0.2, 0) is 15.9 Å². The Labute approximate surface area is 149 Å². The second-order valence-electron chi connectivity index (χ2n) is 5.41. The van der Waals surface area contributed by atoms with E-state index in [0.717, 1.165) is 13.0 Å². The Hall–Kier alpha value is -2.28. The number of benzene rings is 1. The summed E-state index contributed by atoms with van der Waals surface area (Å²) in [6, 6.07) is 10.2. The zero-order valence-corrected chi connectivity index (χ0v) is 15.1. The number of amides is 2. The number of rotatable bonds is 11. The van der Waals surface area contributed by atoms with Gasteiger partial charge in [-0.15, -0.1) is 0 Å². The van der Waals surface area contributed by atoms with Crippen molar-refractivity contribution < 1.29 is 19.1 Å². The largest absolute Gasteiger partial charge is 0.448 e. The van der Waals surface area contributed by atoms with E-state index >= 15 is 0 Å². The first kappa shape index (κ1) is 20.8. The van der Waals surface area contributed by atoms with E-state index in [0.29, 0.717) is 39.4 Å². The lowest BCUT2D eigenvalue weighted by Crippen LogP contribution is -2.36. The fraction of sp³-hybridized carbons (Fsp3) is 0.556. The average Bonchev–Trinajstić information content (AvgIpc) is 2.60. The maximum Gasteiger partial charge on any atom is 0.407 e. The van der Waals surface area contributed by atoms with Gasteiger partial charge in [0.15, 0.2) is 0 Å². The number of nitrogens with one attached hydrogen (secondary N) is 2. The van der Waals surface area contributed by atoms with Gasteiger partial charge < -0.3 is 20.1 Å². The van der Waals surface area contributed by atoms with Gasteiger partial charge in [-0.05, 0) is 25.8 Å². The lowest BCUT2D eigenvalue weighted by molar-refractivity contribution is 0.107. The van der Waals surface area contributed by atoms with Crippen LogP contribution in [-0.4, -0.2) is 63.0 Å². The molecule has 1 aromatic rings. The molecule has 7 heteroatoms. The maximum absolute atomic E-state index is 11.3. The van der Waals surface area contributed by atoms with Gasteiger partial charge in [-0.2, -0.15) is 0 Å². The first-order valence-electron chi connectivity index (χ1n) is 8.73. The first-order valence-corrected chi connectivity index (χ1v) is 8.73. The summed E-state index contributed by atoms with van der Waals surface area (Å²) in [6.45, 7) is 7.31. The molecule has 2 N–H and O–H groups in total. The minimum atomic E-state index is -0.413. The topological polar surface area (TPSA) is 79.9 Å². The van der Waals surface area contributed by atoms with E-state index in [2.05, 4.69) is 27.7 Å². The van der Waals surface area contributed by atoms with Crippen molar-refractivity contribution in [2.45, 2.75) is 20.3 Å². The molecule has 0 saturated carbocycles. The summed E-state index contributed by atoms with van der Waals surface area (Å²) in [7, 11) is 0. The van der Waals surface area contributed by atoms with E-state index in [4.69, 9.17) is 9.47 Å². The SMILES string of the molecule is CCNC(=O)OCCN(CCOC(=O)NCC)CCc1ccccc1. The van der Waals surface area contributed by atoms with Crippen LogP contribution >= 0.6 is 0 Å². The van der Waals surface area contributed by atoms with Gasteiger partial charge >= 0.3 is 12.2 Å². The van der Waals surface area contributed by atoms with E-state index < -0.39 is 12.2 Å². The van der Waals surface area contributed by atoms with Crippen molar-refractivity contribution >= 4 is 12.2 Å². The molecule has 0 fully saturated rings. The van der Waals surface area contributed by atoms with Crippen molar-refractivity contribution in [3.63, 3.8) is 0 Å². The van der Waals surface area contributed by atoms with Crippen LogP contribution in [0.25, 0.3) is 0 Å². The number of carbonyl (C=O) groups excluding carboxylic acids is 2. The summed E-state index contributed by atoms with van der Waals surface area (Å²) < 4.78 is 10.2. The third-order valence-corrected chi connectivity index (χ3v) is 3.48. The predicted octanol–water partition coefficient (Wildman–Crippen LogP) is 2.02. The summed E-state index contributed by atoms with van der Waals surface area (Å²) in [5.41, 5.74) is 1.24. The normalized spacial score (nSPS) is 10.4. The number of ether oxygens (including phenoxy) is 2. The van der Waals surface area contributed by atoms with E-state index in [1.54, 1.807) is 0 Å². The van der Waals surface area contributed by atoms with Crippen molar-refractivity contribution in [1.82, 2.24) is 15.5 Å². The zero-order valence-electron chi connectivity index (χ0n) is 15.1. The van der Waals surface area contributed by atoms with E-state index in [1.807, 2.05) is 32.0 Å². The van der Waals surface area contributed by atoms with Gasteiger partial charge in [-0.3, -0.25) is 4.90 Å². The molecule has 0 unspecified atom stereocenters. The zero-order chi connectivity index (χ0) is 18.3. The molecular formula is C18H29N3O4. The lowest BCUT2D eigenvalue weighted by atomic mass is 10.1. The van der Waals surface area contributed by atoms with Crippen molar-refractivity contribution in [2.75, 3.05) is 45.9 Å². The van der Waals surface area contributed by atoms with Crippen LogP contribution in [0.3, 0.4) is 0 Å². The molecule has 0 saturated heterocycles. The summed E-state index contributed by atoms with van der Waals surface area (Å²) in [4.78, 5) is 24.8. The smallest absolute Gasteiger partial charge is 0.407 e. The molecule has 0 radical (unpaired) electrons. The highest BCUT2D eigenvalue weighted by molar-refractivity contribution is 5.67. The molecule has 25 heavy (non-hydrogen) atoms. The van der Waals surface area contributed by atoms with Crippen molar-refractivity contribution in [3.8, 4) is 0 Å². The van der Waals surface area contributed by atoms with Crippen molar-refractivity contribution in [2.24, 2.45) is 0 Å². The highest BCUT2D eigenvalue weighted by Crippen LogP contribution is 2.02. The molecule has 1 aromatic carbocycles. The second-order valence-corrected chi connectivity index (χ2v) is 5.41. The van der Waals surface area contributed by atoms with Gasteiger partial charge in [0.25, 0.3) is 0 Å². The minimum Gasteiger partial charge on any atom is -0.448 e. The van der Waals surface area contributed by atoms with Crippen molar-refractivity contribution in [3.05, 3.63) is 35.9 Å². The molecule has 0 spiro atoms. The van der Waals surface area contributed by atoms with Gasteiger partial charge in [0.2, 0.25) is 0 Å². The van der Waals surface area contributed by atoms with E-state index in [-0.39, 0.29) is 0 Å². The molecule has 1 rings (SSSR count). The average molecular weight is 351 g/mol. The molecule has 140 valence electrons. The first-order chi connectivity index (χ1) is 12.2. The minimum absolute atomic E-state index is 0.293. The van der Waals surface area contributed by atoms with Crippen molar-refractivity contribution in [1.29, 1.82) is 0 Å². The Morgan fingerprint density at radius 2 is 1.40 bits per heavy atom. The van der Waals surface area contributed by atoms with E-state index in [9.17, 15) is 9.59 Å². The van der Waals surface area contributed by atoms with E-state index in [1.165, 1.54) is 5.56 Å². The number of nitrogens with zero attached hydrogens (tertiary/aromatic N) is 1. The van der Waals surface area contributed by atoms with Crippen LogP contribution in [0.1, 0.15) is 19.4 Å². The summed E-state index contributed by atoms with van der Waals surface area (Å²) in [5.74, 6) is 0. The van der Waals surface area contributed by atoms with Crippen LogP contribution in [0.5, 0.6) is 0 Å². The number of carbonyl (C=O) groups is 2. The quantitative estimate of drug-likeness (QED) is 0.638. The third-order valence-electron chi connectivity index (χ3n) is 3.48. The van der Waals surface area contributed by atoms with Crippen LogP contribution in [0.15, 0.2) is 30.3 Å². The highest BCUT2D eigenvalue weighted by atomic mass is 16.6. The molecule has 7 nitrogen and oxygen atoms in total. The lowest BCUT2D eigenvalue weighted by Gasteiger charge is -2.22. The van der Waals surface area contributed by atoms with Crippen LogP contribution in [0, 0.1) is 0 Å². The Kier molecular flexibility index (Phi) is 10.8. The van der Waals surface area contributed by atoms with Gasteiger partial charge in [0, 0.05) is 32.7 Å². The Morgan fingerprint density at radius 1 is 0.880 bits per heavy atom. The molecule has 2 amide bonds. The second kappa shape index (κ2) is 13.1. The predicted molar refractivity (Wildman–Crippen MR) is 96.6 cm³/mol. The summed E-state index contributed by atoms with van der Waals surface area (Å²) >= 11 is 0. The molecule has 0 aliphatic carbocycles. The molecule has 0 atom stereocenters. The summed E-state index contributed by atoms with van der Waals surface area (Å²) in [5, 5.41) is 5.18. The number of hydrogen-bond acceptors (Lipinski definition) is 5. The van der Waals surface area contributed by atoms with Crippen LogP contribution in [0.2, 0.25) is 0 Å². The van der Waals surface area contributed by atoms with Gasteiger partial charge in [0.1, 0.15) is 13.2 Å².